The Balaban J connectivity index is 1.89. The van der Waals surface area contributed by atoms with Gasteiger partial charge in [-0.25, -0.2) is 9.37 Å². The number of benzene rings is 1. The van der Waals surface area contributed by atoms with Crippen LogP contribution in [-0.4, -0.2) is 26.8 Å². The lowest BCUT2D eigenvalue weighted by Gasteiger charge is -2.12. The monoisotopic (exact) mass is 364 g/mol. The summed E-state index contributed by atoms with van der Waals surface area (Å²) in [5.41, 5.74) is 8.50. The number of aromatic nitrogens is 3. The fourth-order valence-electron chi connectivity index (χ4n) is 3.63. The fraction of sp³-hybridized carbons (Fsp3) is 0.200. The van der Waals surface area contributed by atoms with Crippen LogP contribution in [-0.2, 0) is 0 Å². The largest absolute Gasteiger partial charge is 0.496 e. The van der Waals surface area contributed by atoms with Crippen LogP contribution in [0.2, 0.25) is 0 Å². The predicted octanol–water partition coefficient (Wildman–Crippen LogP) is 4.02. The summed E-state index contributed by atoms with van der Waals surface area (Å²) in [7, 11) is 1.52. The smallest absolute Gasteiger partial charge is 0.203 e. The van der Waals surface area contributed by atoms with E-state index in [1.165, 1.54) is 13.2 Å². The van der Waals surface area contributed by atoms with Crippen LogP contribution in [0.15, 0.2) is 36.8 Å². The molecule has 1 aromatic carbocycles. The first-order valence-electron chi connectivity index (χ1n) is 8.69. The number of halogens is 1. The molecule has 1 aliphatic rings. The van der Waals surface area contributed by atoms with E-state index in [-0.39, 0.29) is 17.5 Å². The topological polar surface area (TPSA) is 86.2 Å². The van der Waals surface area contributed by atoms with Gasteiger partial charge in [0.05, 0.1) is 29.2 Å². The molecule has 5 rings (SSSR count). The molecule has 0 amide bonds. The minimum Gasteiger partial charge on any atom is -0.496 e. The summed E-state index contributed by atoms with van der Waals surface area (Å²) >= 11 is 0. The standard InChI is InChI=1S/C20H17FN4O2/c1-27-15-6-7-23-8-12(15)16-13(21)5-4-11-18(22)17-14(24-19(11)16)9-25(20(17)26)10-2-3-10/h4-10,26H,2-3,22H2,1H3. The van der Waals surface area contributed by atoms with Crippen LogP contribution in [0.5, 0.6) is 11.6 Å². The van der Waals surface area contributed by atoms with Gasteiger partial charge in [-0.2, -0.15) is 0 Å². The second-order valence-corrected chi connectivity index (χ2v) is 6.77. The first-order valence-corrected chi connectivity index (χ1v) is 8.69. The zero-order valence-electron chi connectivity index (χ0n) is 14.6. The van der Waals surface area contributed by atoms with Gasteiger partial charge in [-0.1, -0.05) is 0 Å². The number of anilines is 1. The SMILES string of the molecule is COc1ccncc1-c1c(F)ccc2c(N)c3c(O)n(C4CC4)cc3nc12. The van der Waals surface area contributed by atoms with Crippen molar-refractivity contribution in [1.29, 1.82) is 0 Å². The molecule has 27 heavy (non-hydrogen) atoms. The Morgan fingerprint density at radius 3 is 2.85 bits per heavy atom. The zero-order valence-corrected chi connectivity index (χ0v) is 14.6. The van der Waals surface area contributed by atoms with Crippen LogP contribution in [0.1, 0.15) is 18.9 Å². The van der Waals surface area contributed by atoms with Gasteiger partial charge in [0.1, 0.15) is 11.6 Å². The second-order valence-electron chi connectivity index (χ2n) is 6.77. The van der Waals surface area contributed by atoms with Crippen LogP contribution >= 0.6 is 0 Å². The van der Waals surface area contributed by atoms with Crippen LogP contribution in [0.3, 0.4) is 0 Å². The molecule has 0 atom stereocenters. The number of ether oxygens (including phenoxy) is 1. The summed E-state index contributed by atoms with van der Waals surface area (Å²) in [6, 6.07) is 4.89. The highest BCUT2D eigenvalue weighted by atomic mass is 19.1. The molecule has 1 saturated carbocycles. The number of pyridine rings is 2. The van der Waals surface area contributed by atoms with E-state index in [1.807, 2.05) is 0 Å². The van der Waals surface area contributed by atoms with E-state index in [9.17, 15) is 9.50 Å². The Morgan fingerprint density at radius 1 is 1.30 bits per heavy atom. The highest BCUT2D eigenvalue weighted by Gasteiger charge is 2.28. The molecular weight excluding hydrogens is 347 g/mol. The first-order chi connectivity index (χ1) is 13.1. The molecule has 3 heterocycles. The van der Waals surface area contributed by atoms with Gasteiger partial charge in [-0.3, -0.25) is 4.98 Å². The van der Waals surface area contributed by atoms with Crippen molar-refractivity contribution < 1.29 is 14.2 Å². The highest BCUT2D eigenvalue weighted by Crippen LogP contribution is 2.45. The van der Waals surface area contributed by atoms with Crippen molar-refractivity contribution >= 4 is 27.5 Å². The maximum atomic E-state index is 14.9. The lowest BCUT2D eigenvalue weighted by atomic mass is 10.00. The maximum Gasteiger partial charge on any atom is 0.203 e. The number of fused-ring (bicyclic) bond motifs is 2. The van der Waals surface area contributed by atoms with Crippen LogP contribution in [0.4, 0.5) is 10.1 Å². The van der Waals surface area contributed by atoms with Crippen molar-refractivity contribution in [1.82, 2.24) is 14.5 Å². The summed E-state index contributed by atoms with van der Waals surface area (Å²) in [6.07, 6.45) is 6.94. The van der Waals surface area contributed by atoms with Gasteiger partial charge in [0.2, 0.25) is 5.88 Å². The average Bonchev–Trinajstić information content (AvgIpc) is 3.46. The Kier molecular flexibility index (Phi) is 3.28. The lowest BCUT2D eigenvalue weighted by Crippen LogP contribution is -1.97. The molecule has 7 heteroatoms. The van der Waals surface area contributed by atoms with Gasteiger partial charge < -0.3 is 20.1 Å². The quantitative estimate of drug-likeness (QED) is 0.573. The van der Waals surface area contributed by atoms with Crippen molar-refractivity contribution in [2.24, 2.45) is 0 Å². The van der Waals surface area contributed by atoms with E-state index in [1.54, 1.807) is 35.3 Å². The van der Waals surface area contributed by atoms with E-state index in [4.69, 9.17) is 10.5 Å². The molecular formula is C20H17FN4O2. The van der Waals surface area contributed by atoms with E-state index in [2.05, 4.69) is 9.97 Å². The number of methoxy groups -OCH3 is 1. The molecule has 0 spiro atoms. The highest BCUT2D eigenvalue weighted by molar-refractivity contribution is 6.12. The van der Waals surface area contributed by atoms with Crippen molar-refractivity contribution in [2.45, 2.75) is 18.9 Å². The molecule has 4 aromatic rings. The molecule has 0 unspecified atom stereocenters. The van der Waals surface area contributed by atoms with Crippen LogP contribution in [0.25, 0.3) is 32.9 Å². The molecule has 3 N–H and O–H groups in total. The van der Waals surface area contributed by atoms with Crippen molar-refractivity contribution in [2.75, 3.05) is 12.8 Å². The Hall–Kier alpha value is -3.35. The summed E-state index contributed by atoms with van der Waals surface area (Å²) in [5.74, 6) is 0.172. The zero-order chi connectivity index (χ0) is 18.7. The molecule has 1 fully saturated rings. The Morgan fingerprint density at radius 2 is 2.11 bits per heavy atom. The molecule has 3 aromatic heterocycles. The van der Waals surface area contributed by atoms with E-state index >= 15 is 0 Å². The van der Waals surface area contributed by atoms with Crippen LogP contribution in [0, 0.1) is 5.82 Å². The van der Waals surface area contributed by atoms with Gasteiger partial charge in [0.25, 0.3) is 0 Å². The Labute approximate surface area is 154 Å². The molecule has 0 aliphatic heterocycles. The number of nitrogens with zero attached hydrogens (tertiary/aromatic N) is 3. The van der Waals surface area contributed by atoms with Crippen LogP contribution < -0.4 is 10.5 Å². The summed E-state index contributed by atoms with van der Waals surface area (Å²) in [5, 5.41) is 11.7. The van der Waals surface area contributed by atoms with Gasteiger partial charge in [0.15, 0.2) is 0 Å². The number of hydrogen-bond acceptors (Lipinski definition) is 5. The van der Waals surface area contributed by atoms with E-state index < -0.39 is 5.82 Å². The van der Waals surface area contributed by atoms with Gasteiger partial charge >= 0.3 is 0 Å². The number of aromatic hydroxyl groups is 1. The van der Waals surface area contributed by atoms with E-state index in [0.29, 0.717) is 38.8 Å². The third-order valence-electron chi connectivity index (χ3n) is 5.12. The predicted molar refractivity (Wildman–Crippen MR) is 101 cm³/mol. The third kappa shape index (κ3) is 2.24. The van der Waals surface area contributed by atoms with Crippen molar-refractivity contribution in [3.63, 3.8) is 0 Å². The number of hydrogen-bond donors (Lipinski definition) is 2. The maximum absolute atomic E-state index is 14.9. The molecule has 1 aliphatic carbocycles. The van der Waals surface area contributed by atoms with E-state index in [0.717, 1.165) is 12.8 Å². The second kappa shape index (κ2) is 5.57. The lowest BCUT2D eigenvalue weighted by molar-refractivity contribution is 0.415. The minimum absolute atomic E-state index is 0.115. The fourth-order valence-corrected chi connectivity index (χ4v) is 3.63. The molecule has 0 bridgehead atoms. The molecule has 6 nitrogen and oxygen atoms in total. The summed E-state index contributed by atoms with van der Waals surface area (Å²) < 4.78 is 22.0. The van der Waals surface area contributed by atoms with Gasteiger partial charge in [-0.15, -0.1) is 0 Å². The number of nitrogen functional groups attached to an aromatic ring is 1. The number of nitrogens with two attached hydrogens (primary N) is 1. The summed E-state index contributed by atoms with van der Waals surface area (Å²) in [6.45, 7) is 0. The van der Waals surface area contributed by atoms with Crippen molar-refractivity contribution in [3.8, 4) is 22.8 Å². The average molecular weight is 364 g/mol. The van der Waals surface area contributed by atoms with Gasteiger partial charge in [0, 0.05) is 41.1 Å². The summed E-state index contributed by atoms with van der Waals surface area (Å²) in [4.78, 5) is 8.76. The number of rotatable bonds is 3. The minimum atomic E-state index is -0.439. The normalized spacial score (nSPS) is 14.1. The molecule has 0 saturated heterocycles. The Bertz CT molecular complexity index is 1210. The molecule has 0 radical (unpaired) electrons. The van der Waals surface area contributed by atoms with Crippen molar-refractivity contribution in [3.05, 3.63) is 42.6 Å². The first kappa shape index (κ1) is 15.9. The molecule has 136 valence electrons. The van der Waals surface area contributed by atoms with Gasteiger partial charge in [-0.05, 0) is 31.0 Å². The third-order valence-corrected chi connectivity index (χ3v) is 5.12.